The van der Waals surface area contributed by atoms with Gasteiger partial charge in [0.25, 0.3) is 0 Å². The van der Waals surface area contributed by atoms with Gasteiger partial charge in [0.1, 0.15) is 12.4 Å². The summed E-state index contributed by atoms with van der Waals surface area (Å²) in [4.78, 5) is 5.04. The second kappa shape index (κ2) is 8.96. The molecule has 0 unspecified atom stereocenters. The SMILES string of the molecule is COCON=C(C)Cc1ccccc1COc1ccccc1C. The molecule has 122 valence electrons. The van der Waals surface area contributed by atoms with E-state index in [1.165, 1.54) is 5.56 Å². The third-order valence-corrected chi connectivity index (χ3v) is 3.43. The highest BCUT2D eigenvalue weighted by atomic mass is 16.7. The van der Waals surface area contributed by atoms with Crippen LogP contribution in [0, 0.1) is 6.92 Å². The Labute approximate surface area is 137 Å². The zero-order valence-corrected chi connectivity index (χ0v) is 13.9. The Morgan fingerprint density at radius 3 is 2.43 bits per heavy atom. The molecule has 2 aromatic carbocycles. The van der Waals surface area contributed by atoms with Crippen molar-refractivity contribution in [3.63, 3.8) is 0 Å². The van der Waals surface area contributed by atoms with Crippen molar-refractivity contribution in [3.05, 3.63) is 65.2 Å². The molecule has 4 heteroatoms. The summed E-state index contributed by atoms with van der Waals surface area (Å²) in [5, 5.41) is 4.03. The van der Waals surface area contributed by atoms with E-state index in [-0.39, 0.29) is 6.79 Å². The van der Waals surface area contributed by atoms with E-state index in [9.17, 15) is 0 Å². The molecule has 0 atom stereocenters. The lowest BCUT2D eigenvalue weighted by molar-refractivity contribution is -0.0284. The smallest absolute Gasteiger partial charge is 0.216 e. The summed E-state index contributed by atoms with van der Waals surface area (Å²) in [5.74, 6) is 0.913. The predicted molar refractivity (Wildman–Crippen MR) is 91.7 cm³/mol. The highest BCUT2D eigenvalue weighted by molar-refractivity contribution is 5.83. The first-order chi connectivity index (χ1) is 11.2. The van der Waals surface area contributed by atoms with E-state index >= 15 is 0 Å². The van der Waals surface area contributed by atoms with Gasteiger partial charge in [-0.1, -0.05) is 47.6 Å². The van der Waals surface area contributed by atoms with Gasteiger partial charge in [-0.15, -0.1) is 0 Å². The zero-order valence-electron chi connectivity index (χ0n) is 13.9. The molecule has 0 aliphatic rings. The lowest BCUT2D eigenvalue weighted by Crippen LogP contribution is -2.06. The summed E-state index contributed by atoms with van der Waals surface area (Å²) in [6, 6.07) is 16.2. The number of aryl methyl sites for hydroxylation is 1. The van der Waals surface area contributed by atoms with Crippen molar-refractivity contribution >= 4 is 5.71 Å². The average Bonchev–Trinajstić information content (AvgIpc) is 2.55. The van der Waals surface area contributed by atoms with Gasteiger partial charge in [0.15, 0.2) is 0 Å². The average molecular weight is 313 g/mol. The van der Waals surface area contributed by atoms with Crippen LogP contribution in [0.1, 0.15) is 23.6 Å². The monoisotopic (exact) mass is 313 g/mol. The molecule has 0 radical (unpaired) electrons. The molecule has 2 aromatic rings. The van der Waals surface area contributed by atoms with E-state index in [1.807, 2.05) is 50.2 Å². The van der Waals surface area contributed by atoms with E-state index in [1.54, 1.807) is 7.11 Å². The topological polar surface area (TPSA) is 40.0 Å². The molecular formula is C19H23NO3. The largest absolute Gasteiger partial charge is 0.489 e. The summed E-state index contributed by atoms with van der Waals surface area (Å²) in [6.45, 7) is 4.68. The Morgan fingerprint density at radius 1 is 1.00 bits per heavy atom. The van der Waals surface area contributed by atoms with Gasteiger partial charge in [0, 0.05) is 13.5 Å². The molecule has 0 aliphatic heterocycles. The molecule has 0 heterocycles. The maximum atomic E-state index is 5.95. The summed E-state index contributed by atoms with van der Waals surface area (Å²) >= 11 is 0. The Hall–Kier alpha value is -2.33. The summed E-state index contributed by atoms with van der Waals surface area (Å²) < 4.78 is 10.8. The van der Waals surface area contributed by atoms with Gasteiger partial charge >= 0.3 is 0 Å². The molecule has 4 nitrogen and oxygen atoms in total. The van der Waals surface area contributed by atoms with Crippen molar-refractivity contribution in [3.8, 4) is 5.75 Å². The van der Waals surface area contributed by atoms with Gasteiger partial charge in [0.2, 0.25) is 6.79 Å². The van der Waals surface area contributed by atoms with Crippen LogP contribution in [0.15, 0.2) is 53.7 Å². The Balaban J connectivity index is 2.03. The third-order valence-electron chi connectivity index (χ3n) is 3.43. The highest BCUT2D eigenvalue weighted by Gasteiger charge is 2.06. The summed E-state index contributed by atoms with van der Waals surface area (Å²) in [5.41, 5.74) is 4.36. The van der Waals surface area contributed by atoms with Crippen LogP contribution < -0.4 is 4.74 Å². The maximum absolute atomic E-state index is 5.95. The molecule has 0 aliphatic carbocycles. The second-order valence-electron chi connectivity index (χ2n) is 5.36. The van der Waals surface area contributed by atoms with Gasteiger partial charge in [-0.3, -0.25) is 0 Å². The fourth-order valence-electron chi connectivity index (χ4n) is 2.24. The number of benzene rings is 2. The van der Waals surface area contributed by atoms with Crippen LogP contribution in [0.3, 0.4) is 0 Å². The number of nitrogens with zero attached hydrogens (tertiary/aromatic N) is 1. The quantitative estimate of drug-likeness (QED) is 0.319. The van der Waals surface area contributed by atoms with Crippen molar-refractivity contribution in [2.75, 3.05) is 13.9 Å². The third kappa shape index (κ3) is 5.42. The molecule has 0 saturated carbocycles. The number of hydrogen-bond donors (Lipinski definition) is 0. The molecular weight excluding hydrogens is 290 g/mol. The molecule has 0 bridgehead atoms. The van der Waals surface area contributed by atoms with Crippen LogP contribution in [0.5, 0.6) is 5.75 Å². The van der Waals surface area contributed by atoms with Gasteiger partial charge < -0.3 is 14.3 Å². The number of methoxy groups -OCH3 is 1. The number of rotatable bonds is 8. The second-order valence-corrected chi connectivity index (χ2v) is 5.36. The standard InChI is InChI=1S/C19H23NO3/c1-15-8-4-7-11-19(15)22-13-18-10-6-5-9-17(18)12-16(2)20-23-14-21-3/h4-11H,12-14H2,1-3H3. The molecule has 2 rings (SSSR count). The highest BCUT2D eigenvalue weighted by Crippen LogP contribution is 2.19. The van der Waals surface area contributed by atoms with Crippen LogP contribution >= 0.6 is 0 Å². The van der Waals surface area contributed by atoms with Gasteiger partial charge in [-0.05, 0) is 36.6 Å². The van der Waals surface area contributed by atoms with Gasteiger partial charge in [-0.25, -0.2) is 0 Å². The first kappa shape index (κ1) is 17.0. The molecule has 23 heavy (non-hydrogen) atoms. The first-order valence-electron chi connectivity index (χ1n) is 7.60. The number of para-hydroxylation sites is 1. The zero-order chi connectivity index (χ0) is 16.5. The van der Waals surface area contributed by atoms with Crippen molar-refractivity contribution < 1.29 is 14.3 Å². The molecule has 0 N–H and O–H groups in total. The minimum atomic E-state index is 0.162. The van der Waals surface area contributed by atoms with Crippen LogP contribution in [-0.4, -0.2) is 19.6 Å². The Morgan fingerprint density at radius 2 is 1.70 bits per heavy atom. The van der Waals surface area contributed by atoms with E-state index in [0.717, 1.165) is 29.0 Å². The van der Waals surface area contributed by atoms with Crippen molar-refractivity contribution in [1.82, 2.24) is 0 Å². The normalized spacial score (nSPS) is 11.3. The van der Waals surface area contributed by atoms with Gasteiger partial charge in [0.05, 0.1) is 5.71 Å². The molecule has 0 amide bonds. The Bertz CT molecular complexity index is 653. The molecule has 0 saturated heterocycles. The number of oxime groups is 1. The van der Waals surface area contributed by atoms with Crippen LogP contribution in [0.25, 0.3) is 0 Å². The first-order valence-corrected chi connectivity index (χ1v) is 7.60. The van der Waals surface area contributed by atoms with Gasteiger partial charge in [-0.2, -0.15) is 0 Å². The minimum Gasteiger partial charge on any atom is -0.489 e. The maximum Gasteiger partial charge on any atom is 0.216 e. The fourth-order valence-corrected chi connectivity index (χ4v) is 2.24. The number of ether oxygens (including phenoxy) is 2. The van der Waals surface area contributed by atoms with Crippen LogP contribution in [-0.2, 0) is 22.6 Å². The van der Waals surface area contributed by atoms with Crippen molar-refractivity contribution in [2.24, 2.45) is 5.16 Å². The van der Waals surface area contributed by atoms with Crippen LogP contribution in [0.4, 0.5) is 0 Å². The minimum absolute atomic E-state index is 0.162. The number of hydrogen-bond acceptors (Lipinski definition) is 4. The Kier molecular flexibility index (Phi) is 6.63. The van der Waals surface area contributed by atoms with Crippen LogP contribution in [0.2, 0.25) is 0 Å². The molecule has 0 spiro atoms. The van der Waals surface area contributed by atoms with E-state index in [4.69, 9.17) is 14.3 Å². The lowest BCUT2D eigenvalue weighted by Gasteiger charge is -2.12. The summed E-state index contributed by atoms with van der Waals surface area (Å²) in [6.07, 6.45) is 0.719. The van der Waals surface area contributed by atoms with E-state index in [2.05, 4.69) is 17.3 Å². The lowest BCUT2D eigenvalue weighted by atomic mass is 10.0. The predicted octanol–water partition coefficient (Wildman–Crippen LogP) is 4.11. The molecule has 0 aromatic heterocycles. The van der Waals surface area contributed by atoms with Crippen molar-refractivity contribution in [2.45, 2.75) is 26.9 Å². The fraction of sp³-hybridized carbons (Fsp3) is 0.316. The van der Waals surface area contributed by atoms with E-state index < -0.39 is 0 Å². The molecule has 0 fully saturated rings. The van der Waals surface area contributed by atoms with E-state index in [0.29, 0.717) is 6.61 Å². The van der Waals surface area contributed by atoms with Crippen molar-refractivity contribution in [1.29, 1.82) is 0 Å². The summed E-state index contributed by atoms with van der Waals surface area (Å²) in [7, 11) is 1.57.